The first-order valence-corrected chi connectivity index (χ1v) is 8.13. The molecule has 0 spiro atoms. The summed E-state index contributed by atoms with van der Waals surface area (Å²) < 4.78 is 2.29. The lowest BCUT2D eigenvalue weighted by Gasteiger charge is -2.24. The number of imidazole rings is 1. The zero-order valence-corrected chi connectivity index (χ0v) is 12.7. The van der Waals surface area contributed by atoms with Crippen molar-refractivity contribution in [2.75, 3.05) is 0 Å². The Morgan fingerprint density at radius 3 is 3.10 bits per heavy atom. The average molecular weight is 292 g/mol. The van der Waals surface area contributed by atoms with Crippen LogP contribution in [0.4, 0.5) is 0 Å². The van der Waals surface area contributed by atoms with Gasteiger partial charge in [-0.15, -0.1) is 11.3 Å². The van der Waals surface area contributed by atoms with Crippen molar-refractivity contribution in [1.29, 1.82) is 0 Å². The highest BCUT2D eigenvalue weighted by molar-refractivity contribution is 7.15. The minimum Gasteiger partial charge on any atom is -0.481 e. The molecule has 0 radical (unpaired) electrons. The van der Waals surface area contributed by atoms with E-state index in [2.05, 4.69) is 23.6 Å². The second-order valence-corrected chi connectivity index (χ2v) is 6.82. The van der Waals surface area contributed by atoms with Gasteiger partial charge in [0.2, 0.25) is 0 Å². The Balaban J connectivity index is 1.93. The standard InChI is InChI=1S/C15H20N2O2S/c1-9-6-10(2)14-12(7-9)16-15-17(14)11(8-20-15)4-3-5-13(18)19/h8-10H,3-7H2,1-2H3,(H,18,19). The molecule has 1 aliphatic carbocycles. The SMILES string of the molecule is CC1Cc2nc3scc(CCCC(=O)O)n3c2C(C)C1. The molecule has 2 aromatic rings. The molecule has 4 nitrogen and oxygen atoms in total. The summed E-state index contributed by atoms with van der Waals surface area (Å²) in [6, 6.07) is 0. The van der Waals surface area contributed by atoms with Gasteiger partial charge in [-0.3, -0.25) is 9.20 Å². The molecule has 0 saturated carbocycles. The van der Waals surface area contributed by atoms with E-state index >= 15 is 0 Å². The summed E-state index contributed by atoms with van der Waals surface area (Å²) in [5.74, 6) is 0.528. The summed E-state index contributed by atoms with van der Waals surface area (Å²) in [4.78, 5) is 16.5. The Morgan fingerprint density at radius 2 is 2.35 bits per heavy atom. The number of aliphatic carboxylic acids is 1. The van der Waals surface area contributed by atoms with Gasteiger partial charge in [-0.25, -0.2) is 4.98 Å². The molecule has 1 N–H and O–H groups in total. The molecule has 0 bridgehead atoms. The van der Waals surface area contributed by atoms with Gasteiger partial charge >= 0.3 is 5.97 Å². The number of rotatable bonds is 4. The Morgan fingerprint density at radius 1 is 1.55 bits per heavy atom. The highest BCUT2D eigenvalue weighted by Gasteiger charge is 2.27. The molecule has 0 amide bonds. The lowest BCUT2D eigenvalue weighted by atomic mass is 9.84. The highest BCUT2D eigenvalue weighted by atomic mass is 32.1. The number of hydrogen-bond donors (Lipinski definition) is 1. The number of thiazole rings is 1. The van der Waals surface area contributed by atoms with Crippen molar-refractivity contribution in [1.82, 2.24) is 9.38 Å². The summed E-state index contributed by atoms with van der Waals surface area (Å²) in [5, 5.41) is 10.9. The quantitative estimate of drug-likeness (QED) is 0.938. The predicted octanol–water partition coefficient (Wildman–Crippen LogP) is 3.49. The van der Waals surface area contributed by atoms with Crippen LogP contribution in [0.25, 0.3) is 4.96 Å². The van der Waals surface area contributed by atoms with E-state index in [0.29, 0.717) is 18.3 Å². The maximum atomic E-state index is 10.6. The summed E-state index contributed by atoms with van der Waals surface area (Å²) in [6.07, 6.45) is 4.03. The zero-order valence-electron chi connectivity index (χ0n) is 11.9. The first-order valence-electron chi connectivity index (χ1n) is 7.25. The van der Waals surface area contributed by atoms with Crippen molar-refractivity contribution in [3.8, 4) is 0 Å². The average Bonchev–Trinajstić information content (AvgIpc) is 2.87. The van der Waals surface area contributed by atoms with E-state index in [4.69, 9.17) is 10.1 Å². The van der Waals surface area contributed by atoms with Crippen molar-refractivity contribution in [3.63, 3.8) is 0 Å². The first-order chi connectivity index (χ1) is 9.56. The fraction of sp³-hybridized carbons (Fsp3) is 0.600. The molecule has 0 saturated heterocycles. The summed E-state index contributed by atoms with van der Waals surface area (Å²) in [5.41, 5.74) is 3.84. The van der Waals surface area contributed by atoms with Crippen molar-refractivity contribution in [3.05, 3.63) is 22.5 Å². The van der Waals surface area contributed by atoms with E-state index in [1.54, 1.807) is 11.3 Å². The summed E-state index contributed by atoms with van der Waals surface area (Å²) in [6.45, 7) is 4.57. The molecule has 5 heteroatoms. The van der Waals surface area contributed by atoms with Crippen LogP contribution >= 0.6 is 11.3 Å². The Hall–Kier alpha value is -1.36. The molecular weight excluding hydrogens is 272 g/mol. The van der Waals surface area contributed by atoms with Crippen LogP contribution < -0.4 is 0 Å². The van der Waals surface area contributed by atoms with Crippen molar-refractivity contribution in [2.24, 2.45) is 5.92 Å². The third-order valence-electron chi connectivity index (χ3n) is 4.13. The number of aromatic nitrogens is 2. The van der Waals surface area contributed by atoms with Crippen LogP contribution in [0.3, 0.4) is 0 Å². The zero-order chi connectivity index (χ0) is 14.3. The van der Waals surface area contributed by atoms with Crippen LogP contribution in [0.2, 0.25) is 0 Å². The number of aryl methyl sites for hydroxylation is 1. The molecule has 2 heterocycles. The minimum atomic E-state index is -0.716. The summed E-state index contributed by atoms with van der Waals surface area (Å²) in [7, 11) is 0. The van der Waals surface area contributed by atoms with Crippen molar-refractivity contribution >= 4 is 22.3 Å². The molecule has 1 aliphatic rings. The van der Waals surface area contributed by atoms with Gasteiger partial charge in [0.1, 0.15) is 0 Å². The number of carboxylic acids is 1. The number of hydrogen-bond acceptors (Lipinski definition) is 3. The highest BCUT2D eigenvalue weighted by Crippen LogP contribution is 2.36. The van der Waals surface area contributed by atoms with Crippen LogP contribution in [-0.4, -0.2) is 20.5 Å². The van der Waals surface area contributed by atoms with E-state index in [1.807, 2.05) is 0 Å². The van der Waals surface area contributed by atoms with Crippen LogP contribution in [0.15, 0.2) is 5.38 Å². The van der Waals surface area contributed by atoms with Crippen molar-refractivity contribution < 1.29 is 9.90 Å². The van der Waals surface area contributed by atoms with E-state index in [-0.39, 0.29) is 6.42 Å². The van der Waals surface area contributed by atoms with Crippen LogP contribution in [0.5, 0.6) is 0 Å². The number of nitrogens with zero attached hydrogens (tertiary/aromatic N) is 2. The van der Waals surface area contributed by atoms with E-state index in [1.165, 1.54) is 23.5 Å². The maximum absolute atomic E-state index is 10.6. The van der Waals surface area contributed by atoms with Gasteiger partial charge in [-0.1, -0.05) is 13.8 Å². The summed E-state index contributed by atoms with van der Waals surface area (Å²) >= 11 is 1.67. The molecule has 2 unspecified atom stereocenters. The molecule has 108 valence electrons. The molecule has 20 heavy (non-hydrogen) atoms. The smallest absolute Gasteiger partial charge is 0.303 e. The monoisotopic (exact) mass is 292 g/mol. The Kier molecular flexibility index (Phi) is 3.54. The number of carbonyl (C=O) groups is 1. The second kappa shape index (κ2) is 5.20. The van der Waals surface area contributed by atoms with Crippen molar-refractivity contribution in [2.45, 2.75) is 51.9 Å². The van der Waals surface area contributed by atoms with Gasteiger partial charge < -0.3 is 5.11 Å². The molecule has 2 atom stereocenters. The third-order valence-corrected chi connectivity index (χ3v) is 5.01. The van der Waals surface area contributed by atoms with Gasteiger partial charge in [0, 0.05) is 23.2 Å². The largest absolute Gasteiger partial charge is 0.481 e. The Bertz CT molecular complexity index is 644. The molecule has 3 rings (SSSR count). The molecule has 0 aromatic carbocycles. The van der Waals surface area contributed by atoms with Gasteiger partial charge in [0.25, 0.3) is 0 Å². The fourth-order valence-corrected chi connectivity index (χ4v) is 4.31. The first kappa shape index (κ1) is 13.6. The number of carboxylic acid groups (broad SMARTS) is 1. The fourth-order valence-electron chi connectivity index (χ4n) is 3.36. The normalized spacial score (nSPS) is 22.1. The molecule has 2 aromatic heterocycles. The maximum Gasteiger partial charge on any atom is 0.303 e. The lowest BCUT2D eigenvalue weighted by molar-refractivity contribution is -0.137. The van der Waals surface area contributed by atoms with Gasteiger partial charge in [-0.05, 0) is 37.5 Å². The minimum absolute atomic E-state index is 0.237. The van der Waals surface area contributed by atoms with Gasteiger partial charge in [0.15, 0.2) is 4.96 Å². The molecule has 0 aliphatic heterocycles. The number of fused-ring (bicyclic) bond motifs is 3. The van der Waals surface area contributed by atoms with Gasteiger partial charge in [-0.2, -0.15) is 0 Å². The second-order valence-electron chi connectivity index (χ2n) is 5.98. The molecular formula is C15H20N2O2S. The van der Waals surface area contributed by atoms with E-state index in [9.17, 15) is 4.79 Å². The van der Waals surface area contributed by atoms with Crippen LogP contribution in [-0.2, 0) is 17.6 Å². The topological polar surface area (TPSA) is 54.6 Å². The van der Waals surface area contributed by atoms with E-state index in [0.717, 1.165) is 17.8 Å². The van der Waals surface area contributed by atoms with Crippen LogP contribution in [0.1, 0.15) is 56.1 Å². The van der Waals surface area contributed by atoms with E-state index < -0.39 is 5.97 Å². The Labute approximate surface area is 122 Å². The van der Waals surface area contributed by atoms with Gasteiger partial charge in [0.05, 0.1) is 5.69 Å². The predicted molar refractivity (Wildman–Crippen MR) is 79.5 cm³/mol. The molecule has 0 fully saturated rings. The lowest BCUT2D eigenvalue weighted by Crippen LogP contribution is -2.16. The van der Waals surface area contributed by atoms with Crippen LogP contribution in [0, 0.1) is 5.92 Å². The third kappa shape index (κ3) is 2.35.